The fraction of sp³-hybridized carbons (Fsp3) is 0.364. The number of aliphatic hydroxyl groups excluding tert-OH is 1. The molecule has 4 nitrogen and oxygen atoms in total. The van der Waals surface area contributed by atoms with Crippen molar-refractivity contribution in [2.24, 2.45) is 0 Å². The van der Waals surface area contributed by atoms with E-state index >= 15 is 0 Å². The van der Waals surface area contributed by atoms with Gasteiger partial charge in [0.25, 0.3) is 0 Å². The molecule has 4 rings (SSSR count). The summed E-state index contributed by atoms with van der Waals surface area (Å²) < 4.78 is 11.3. The van der Waals surface area contributed by atoms with E-state index in [2.05, 4.69) is 41.5 Å². The minimum absolute atomic E-state index is 0.0399. The summed E-state index contributed by atoms with van der Waals surface area (Å²) in [6.07, 6.45) is 4.08. The zero-order valence-electron chi connectivity index (χ0n) is 15.2. The summed E-state index contributed by atoms with van der Waals surface area (Å²) in [7, 11) is 1.68. The Labute approximate surface area is 153 Å². The van der Waals surface area contributed by atoms with Crippen LogP contribution >= 0.6 is 0 Å². The molecule has 0 radical (unpaired) electrons. The van der Waals surface area contributed by atoms with E-state index in [9.17, 15) is 5.11 Å². The fourth-order valence-electron chi connectivity index (χ4n) is 3.84. The third-order valence-corrected chi connectivity index (χ3v) is 5.20. The van der Waals surface area contributed by atoms with Crippen molar-refractivity contribution in [2.75, 3.05) is 7.11 Å². The maximum Gasteiger partial charge on any atom is 0.118 e. The number of hydrogen-bond acceptors (Lipinski definition) is 3. The first-order valence-corrected chi connectivity index (χ1v) is 9.18. The predicted octanol–water partition coefficient (Wildman–Crippen LogP) is 4.37. The van der Waals surface area contributed by atoms with E-state index in [0.29, 0.717) is 12.8 Å². The highest BCUT2D eigenvalue weighted by atomic mass is 16.5. The standard InChI is InChI=1S/C22H25NO3/c1-14-9-18(24)12-22(26-14)16-5-8-21-20(11-16)17(13-23-21)10-15-3-6-19(25-2)7-4-15/h3-8,11,13-14,18,22-24H,9-10,12H2,1-2H3/t14-,18+,22-/m1/s1. The lowest BCUT2D eigenvalue weighted by Gasteiger charge is -2.31. The second-order valence-corrected chi connectivity index (χ2v) is 7.20. The van der Waals surface area contributed by atoms with Crippen LogP contribution in [-0.2, 0) is 11.2 Å². The van der Waals surface area contributed by atoms with Gasteiger partial charge in [-0.25, -0.2) is 0 Å². The van der Waals surface area contributed by atoms with Gasteiger partial charge < -0.3 is 19.6 Å². The molecule has 2 N–H and O–H groups in total. The van der Waals surface area contributed by atoms with Crippen LogP contribution in [0.1, 0.15) is 42.6 Å². The Balaban J connectivity index is 1.61. The Morgan fingerprint density at radius 3 is 2.69 bits per heavy atom. The molecule has 1 aliphatic rings. The van der Waals surface area contributed by atoms with Crippen molar-refractivity contribution in [3.63, 3.8) is 0 Å². The summed E-state index contributed by atoms with van der Waals surface area (Å²) in [5.74, 6) is 0.872. The SMILES string of the molecule is COc1ccc(Cc2c[nH]c3ccc([C@H]4C[C@@H](O)C[C@@H](C)O4)cc23)cc1. The van der Waals surface area contributed by atoms with Gasteiger partial charge in [-0.2, -0.15) is 0 Å². The van der Waals surface area contributed by atoms with E-state index in [-0.39, 0.29) is 18.3 Å². The van der Waals surface area contributed by atoms with E-state index in [4.69, 9.17) is 9.47 Å². The van der Waals surface area contributed by atoms with E-state index in [1.54, 1.807) is 7.11 Å². The summed E-state index contributed by atoms with van der Waals surface area (Å²) in [5.41, 5.74) is 4.77. The number of hydrogen-bond donors (Lipinski definition) is 2. The fourth-order valence-corrected chi connectivity index (χ4v) is 3.84. The average Bonchev–Trinajstić information content (AvgIpc) is 3.04. The number of H-pyrrole nitrogens is 1. The van der Waals surface area contributed by atoms with Crippen LogP contribution < -0.4 is 4.74 Å². The highest BCUT2D eigenvalue weighted by Crippen LogP contribution is 2.33. The number of aliphatic hydroxyl groups is 1. The summed E-state index contributed by atoms with van der Waals surface area (Å²) >= 11 is 0. The largest absolute Gasteiger partial charge is 0.497 e. The molecule has 0 bridgehead atoms. The first-order valence-electron chi connectivity index (χ1n) is 9.18. The minimum atomic E-state index is -0.288. The normalized spacial score (nSPS) is 23.3. The molecule has 2 aromatic carbocycles. The summed E-state index contributed by atoms with van der Waals surface area (Å²) in [6, 6.07) is 14.6. The molecule has 0 spiro atoms. The Kier molecular flexibility index (Phi) is 4.70. The van der Waals surface area contributed by atoms with Crippen LogP contribution in [-0.4, -0.2) is 29.4 Å². The third-order valence-electron chi connectivity index (χ3n) is 5.20. The molecule has 1 aromatic heterocycles. The van der Waals surface area contributed by atoms with Crippen LogP contribution in [0.25, 0.3) is 10.9 Å². The number of fused-ring (bicyclic) bond motifs is 1. The second-order valence-electron chi connectivity index (χ2n) is 7.20. The molecule has 0 unspecified atom stereocenters. The summed E-state index contributed by atoms with van der Waals surface area (Å²) in [5, 5.41) is 11.3. The van der Waals surface area contributed by atoms with Crippen molar-refractivity contribution < 1.29 is 14.6 Å². The van der Waals surface area contributed by atoms with Crippen LogP contribution in [0.4, 0.5) is 0 Å². The zero-order valence-corrected chi connectivity index (χ0v) is 15.2. The van der Waals surface area contributed by atoms with Gasteiger partial charge in [0.05, 0.1) is 25.4 Å². The monoisotopic (exact) mass is 351 g/mol. The molecule has 0 saturated carbocycles. The third kappa shape index (κ3) is 3.48. The van der Waals surface area contributed by atoms with Gasteiger partial charge in [-0.15, -0.1) is 0 Å². The van der Waals surface area contributed by atoms with Gasteiger partial charge in [0.2, 0.25) is 0 Å². The van der Waals surface area contributed by atoms with Crippen molar-refractivity contribution in [2.45, 2.75) is 44.5 Å². The highest BCUT2D eigenvalue weighted by molar-refractivity contribution is 5.84. The first-order chi connectivity index (χ1) is 12.6. The number of methoxy groups -OCH3 is 1. The van der Waals surface area contributed by atoms with Gasteiger partial charge in [0.1, 0.15) is 5.75 Å². The summed E-state index contributed by atoms with van der Waals surface area (Å²) in [4.78, 5) is 3.36. The predicted molar refractivity (Wildman–Crippen MR) is 103 cm³/mol. The number of nitrogens with one attached hydrogen (secondary N) is 1. The zero-order chi connectivity index (χ0) is 18.1. The molecule has 26 heavy (non-hydrogen) atoms. The van der Waals surface area contributed by atoms with Crippen molar-refractivity contribution in [1.29, 1.82) is 0 Å². The quantitative estimate of drug-likeness (QED) is 0.734. The topological polar surface area (TPSA) is 54.5 Å². The van der Waals surface area contributed by atoms with Crippen LogP contribution in [0.3, 0.4) is 0 Å². The number of benzene rings is 2. The molecular formula is C22H25NO3. The van der Waals surface area contributed by atoms with Gasteiger partial charge in [-0.1, -0.05) is 18.2 Å². The van der Waals surface area contributed by atoms with Crippen LogP contribution in [0, 0.1) is 0 Å². The number of aromatic amines is 1. The van der Waals surface area contributed by atoms with E-state index in [1.165, 1.54) is 16.5 Å². The Bertz CT molecular complexity index is 874. The minimum Gasteiger partial charge on any atom is -0.497 e. The van der Waals surface area contributed by atoms with Gasteiger partial charge in [0.15, 0.2) is 0 Å². The number of ether oxygens (including phenoxy) is 2. The lowest BCUT2D eigenvalue weighted by atomic mass is 9.95. The van der Waals surface area contributed by atoms with Crippen LogP contribution in [0.15, 0.2) is 48.7 Å². The molecule has 1 saturated heterocycles. The van der Waals surface area contributed by atoms with Crippen LogP contribution in [0.2, 0.25) is 0 Å². The van der Waals surface area contributed by atoms with E-state index in [0.717, 1.165) is 23.3 Å². The summed E-state index contributed by atoms with van der Waals surface area (Å²) in [6.45, 7) is 2.03. The van der Waals surface area contributed by atoms with Gasteiger partial charge in [-0.3, -0.25) is 0 Å². The number of rotatable bonds is 4. The Morgan fingerprint density at radius 2 is 1.96 bits per heavy atom. The molecule has 1 aliphatic heterocycles. The first kappa shape index (κ1) is 17.1. The molecule has 3 aromatic rings. The Hall–Kier alpha value is -2.30. The molecule has 1 fully saturated rings. The smallest absolute Gasteiger partial charge is 0.118 e. The van der Waals surface area contributed by atoms with Crippen LogP contribution in [0.5, 0.6) is 5.75 Å². The molecule has 0 aliphatic carbocycles. The van der Waals surface area contributed by atoms with Crippen molar-refractivity contribution in [1.82, 2.24) is 4.98 Å². The average molecular weight is 351 g/mol. The lowest BCUT2D eigenvalue weighted by Crippen LogP contribution is -2.29. The van der Waals surface area contributed by atoms with Gasteiger partial charge >= 0.3 is 0 Å². The van der Waals surface area contributed by atoms with E-state index in [1.807, 2.05) is 19.1 Å². The van der Waals surface area contributed by atoms with Crippen molar-refractivity contribution in [3.05, 3.63) is 65.4 Å². The highest BCUT2D eigenvalue weighted by Gasteiger charge is 2.27. The lowest BCUT2D eigenvalue weighted by molar-refractivity contribution is -0.0894. The number of aromatic nitrogens is 1. The van der Waals surface area contributed by atoms with Crippen molar-refractivity contribution >= 4 is 10.9 Å². The molecule has 136 valence electrons. The van der Waals surface area contributed by atoms with Gasteiger partial charge in [-0.05, 0) is 60.7 Å². The maximum atomic E-state index is 10.1. The molecule has 3 atom stereocenters. The molecule has 4 heteroatoms. The van der Waals surface area contributed by atoms with E-state index < -0.39 is 0 Å². The molecule has 2 heterocycles. The molecule has 0 amide bonds. The Morgan fingerprint density at radius 1 is 1.15 bits per heavy atom. The second kappa shape index (κ2) is 7.14. The van der Waals surface area contributed by atoms with Gasteiger partial charge in [0, 0.05) is 23.5 Å². The molecular weight excluding hydrogens is 326 g/mol. The maximum absolute atomic E-state index is 10.1. The van der Waals surface area contributed by atoms with Crippen molar-refractivity contribution in [3.8, 4) is 5.75 Å².